The molecule has 1 amide bonds. The second-order valence-electron chi connectivity index (χ2n) is 7.74. The summed E-state index contributed by atoms with van der Waals surface area (Å²) in [6.07, 6.45) is 0. The topological polar surface area (TPSA) is 75.9 Å². The van der Waals surface area contributed by atoms with E-state index in [0.717, 1.165) is 5.69 Å². The molecule has 1 aromatic heterocycles. The van der Waals surface area contributed by atoms with Crippen LogP contribution in [-0.4, -0.2) is 23.7 Å². The van der Waals surface area contributed by atoms with Gasteiger partial charge in [-0.15, -0.1) is 0 Å². The molecule has 0 fully saturated rings. The summed E-state index contributed by atoms with van der Waals surface area (Å²) in [4.78, 5) is 33.4. The summed E-state index contributed by atoms with van der Waals surface area (Å²) in [6, 6.07) is 11.7. The third-order valence-corrected chi connectivity index (χ3v) is 6.51. The highest BCUT2D eigenvalue weighted by Gasteiger charge is 2.28. The number of nitrogens with zero attached hydrogens (tertiary/aromatic N) is 3. The first-order valence-electron chi connectivity index (χ1n) is 10.1. The Bertz CT molecular complexity index is 1380. The Balaban J connectivity index is 1.62. The Morgan fingerprint density at radius 1 is 1.13 bits per heavy atom. The van der Waals surface area contributed by atoms with Crippen molar-refractivity contribution in [1.29, 1.82) is 0 Å². The van der Waals surface area contributed by atoms with Crippen LogP contribution >= 0.6 is 11.3 Å². The molecule has 3 aromatic rings. The summed E-state index contributed by atoms with van der Waals surface area (Å²) in [6.45, 7) is 7.41. The molecule has 0 saturated heterocycles. The molecule has 2 aliphatic heterocycles. The molecule has 0 saturated carbocycles. The molecule has 0 bridgehead atoms. The van der Waals surface area contributed by atoms with E-state index in [-0.39, 0.29) is 11.5 Å². The number of ether oxygens (including phenoxy) is 1. The zero-order chi connectivity index (χ0) is 21.7. The maximum atomic E-state index is 13.3. The molecule has 0 atom stereocenters. The Labute approximate surface area is 182 Å². The molecule has 3 heterocycles. The van der Waals surface area contributed by atoms with Crippen molar-refractivity contribution in [3.8, 4) is 5.75 Å². The molecule has 0 radical (unpaired) electrons. The van der Waals surface area contributed by atoms with Gasteiger partial charge in [0.2, 0.25) is 0 Å². The lowest BCUT2D eigenvalue weighted by atomic mass is 10.1. The van der Waals surface area contributed by atoms with Crippen LogP contribution in [0.15, 0.2) is 46.2 Å². The highest BCUT2D eigenvalue weighted by atomic mass is 32.1. The third-order valence-electron chi connectivity index (χ3n) is 5.40. The number of anilines is 2. The van der Waals surface area contributed by atoms with Gasteiger partial charge in [0.15, 0.2) is 4.80 Å². The maximum absolute atomic E-state index is 13.3. The SMILES string of the molecule is CCOc1ccc2c(c1)/C(=c1/sc3n(c1=O)CN(c1cc(C)cc(C)c1)CN=3)C(=O)N2. The fourth-order valence-electron chi connectivity index (χ4n) is 4.09. The van der Waals surface area contributed by atoms with Gasteiger partial charge in [0, 0.05) is 16.9 Å². The molecule has 2 aromatic carbocycles. The predicted molar refractivity (Wildman–Crippen MR) is 121 cm³/mol. The fraction of sp³-hybridized carbons (Fsp3) is 0.261. The van der Waals surface area contributed by atoms with Gasteiger partial charge in [-0.2, -0.15) is 0 Å². The summed E-state index contributed by atoms with van der Waals surface area (Å²) in [5.74, 6) is 0.397. The molecule has 1 N–H and O–H groups in total. The van der Waals surface area contributed by atoms with Gasteiger partial charge in [-0.3, -0.25) is 14.2 Å². The Kier molecular flexibility index (Phi) is 4.66. The van der Waals surface area contributed by atoms with E-state index in [2.05, 4.69) is 47.3 Å². The number of thiazole rings is 1. The normalized spacial score (nSPS) is 16.5. The smallest absolute Gasteiger partial charge is 0.272 e. The van der Waals surface area contributed by atoms with Crippen LogP contribution in [0.3, 0.4) is 0 Å². The number of aromatic nitrogens is 1. The number of benzene rings is 2. The lowest BCUT2D eigenvalue weighted by Gasteiger charge is -2.26. The van der Waals surface area contributed by atoms with Crippen molar-refractivity contribution in [2.45, 2.75) is 27.4 Å². The van der Waals surface area contributed by atoms with Gasteiger partial charge >= 0.3 is 0 Å². The molecular formula is C23H22N4O3S. The molecule has 7 nitrogen and oxygen atoms in total. The number of hydrogen-bond acceptors (Lipinski definition) is 6. The molecule has 31 heavy (non-hydrogen) atoms. The van der Waals surface area contributed by atoms with Gasteiger partial charge in [-0.25, -0.2) is 4.99 Å². The molecular weight excluding hydrogens is 412 g/mol. The summed E-state index contributed by atoms with van der Waals surface area (Å²) in [5.41, 5.74) is 4.94. The van der Waals surface area contributed by atoms with Crippen molar-refractivity contribution < 1.29 is 9.53 Å². The van der Waals surface area contributed by atoms with E-state index in [0.29, 0.717) is 51.9 Å². The van der Waals surface area contributed by atoms with Gasteiger partial charge in [-0.05, 0) is 62.2 Å². The number of amides is 1. The minimum absolute atomic E-state index is 0.197. The number of aryl methyl sites for hydroxylation is 2. The largest absolute Gasteiger partial charge is 0.494 e. The second-order valence-corrected chi connectivity index (χ2v) is 8.72. The quantitative estimate of drug-likeness (QED) is 0.685. The van der Waals surface area contributed by atoms with E-state index >= 15 is 0 Å². The number of carbonyl (C=O) groups is 1. The minimum atomic E-state index is -0.272. The van der Waals surface area contributed by atoms with E-state index in [1.165, 1.54) is 22.5 Å². The monoisotopic (exact) mass is 434 g/mol. The predicted octanol–water partition coefficient (Wildman–Crippen LogP) is 2.13. The van der Waals surface area contributed by atoms with Crippen molar-refractivity contribution in [2.75, 3.05) is 23.5 Å². The Morgan fingerprint density at radius 2 is 1.90 bits per heavy atom. The molecule has 158 valence electrons. The minimum Gasteiger partial charge on any atom is -0.494 e. The van der Waals surface area contributed by atoms with Crippen molar-refractivity contribution in [3.63, 3.8) is 0 Å². The number of carbonyl (C=O) groups excluding carboxylic acids is 1. The van der Waals surface area contributed by atoms with Crippen LogP contribution in [0.1, 0.15) is 23.6 Å². The highest BCUT2D eigenvalue weighted by Crippen LogP contribution is 2.33. The van der Waals surface area contributed by atoms with Crippen LogP contribution in [-0.2, 0) is 11.5 Å². The lowest BCUT2D eigenvalue weighted by molar-refractivity contribution is -0.110. The van der Waals surface area contributed by atoms with Crippen molar-refractivity contribution in [2.24, 2.45) is 4.99 Å². The van der Waals surface area contributed by atoms with E-state index in [1.54, 1.807) is 4.57 Å². The van der Waals surface area contributed by atoms with Crippen LogP contribution in [0, 0.1) is 13.8 Å². The molecule has 2 aliphatic rings. The Hall–Kier alpha value is -3.39. The van der Waals surface area contributed by atoms with Crippen LogP contribution < -0.4 is 29.8 Å². The third kappa shape index (κ3) is 3.33. The molecule has 8 heteroatoms. The summed E-state index contributed by atoms with van der Waals surface area (Å²) in [7, 11) is 0. The first-order chi connectivity index (χ1) is 14.9. The maximum Gasteiger partial charge on any atom is 0.272 e. The molecule has 0 aliphatic carbocycles. The van der Waals surface area contributed by atoms with Gasteiger partial charge in [0.25, 0.3) is 11.5 Å². The molecule has 0 unspecified atom stereocenters. The van der Waals surface area contributed by atoms with Crippen LogP contribution in [0.4, 0.5) is 11.4 Å². The van der Waals surface area contributed by atoms with Crippen molar-refractivity contribution in [3.05, 3.63) is 72.8 Å². The highest BCUT2D eigenvalue weighted by molar-refractivity contribution is 7.07. The van der Waals surface area contributed by atoms with Gasteiger partial charge in [-0.1, -0.05) is 17.4 Å². The van der Waals surface area contributed by atoms with Crippen LogP contribution in [0.5, 0.6) is 5.75 Å². The van der Waals surface area contributed by atoms with Crippen molar-refractivity contribution >= 4 is 34.2 Å². The average molecular weight is 435 g/mol. The first-order valence-corrected chi connectivity index (χ1v) is 11.0. The van der Waals surface area contributed by atoms with Gasteiger partial charge in [0.1, 0.15) is 23.6 Å². The zero-order valence-electron chi connectivity index (χ0n) is 17.6. The number of hydrogen-bond donors (Lipinski definition) is 1. The van der Waals surface area contributed by atoms with Crippen LogP contribution in [0.25, 0.3) is 5.57 Å². The molecule has 0 spiro atoms. The second kappa shape index (κ2) is 7.39. The summed E-state index contributed by atoms with van der Waals surface area (Å²) >= 11 is 1.27. The van der Waals surface area contributed by atoms with Gasteiger partial charge in [0.05, 0.1) is 12.2 Å². The number of nitrogens with one attached hydrogen (secondary N) is 1. The number of fused-ring (bicyclic) bond motifs is 2. The standard InChI is InChI=1S/C23H22N4O3S/c1-4-30-16-5-6-18-17(10-16)19(21(28)25-18)20-22(29)27-12-26(11-24-23(27)31-20)15-8-13(2)7-14(3)9-15/h5-10H,4,11-12H2,1-3H3,(H,25,28)/b20-19-. The summed E-state index contributed by atoms with van der Waals surface area (Å²) in [5, 5.41) is 2.86. The van der Waals surface area contributed by atoms with E-state index in [4.69, 9.17) is 4.74 Å². The average Bonchev–Trinajstić information content (AvgIpc) is 3.22. The van der Waals surface area contributed by atoms with Crippen LogP contribution in [0.2, 0.25) is 0 Å². The zero-order valence-corrected chi connectivity index (χ0v) is 18.4. The number of rotatable bonds is 3. The van der Waals surface area contributed by atoms with Crippen molar-refractivity contribution in [1.82, 2.24) is 4.57 Å². The van der Waals surface area contributed by atoms with E-state index in [9.17, 15) is 9.59 Å². The van der Waals surface area contributed by atoms with E-state index in [1.807, 2.05) is 25.1 Å². The lowest BCUT2D eigenvalue weighted by Crippen LogP contribution is -2.43. The fourth-order valence-corrected chi connectivity index (χ4v) is 5.14. The summed E-state index contributed by atoms with van der Waals surface area (Å²) < 4.78 is 7.64. The van der Waals surface area contributed by atoms with E-state index < -0.39 is 0 Å². The molecule has 5 rings (SSSR count). The van der Waals surface area contributed by atoms with Gasteiger partial charge < -0.3 is 15.0 Å². The Morgan fingerprint density at radius 3 is 2.65 bits per heavy atom. The first kappa shape index (κ1) is 19.6.